The van der Waals surface area contributed by atoms with Gasteiger partial charge in [-0.05, 0) is 36.6 Å². The van der Waals surface area contributed by atoms with Gasteiger partial charge in [-0.25, -0.2) is 9.97 Å². The zero-order valence-electron chi connectivity index (χ0n) is 11.1. The van der Waals surface area contributed by atoms with E-state index in [0.717, 1.165) is 12.0 Å². The second kappa shape index (κ2) is 5.03. The van der Waals surface area contributed by atoms with Crippen LogP contribution in [0.5, 0.6) is 0 Å². The molecule has 0 saturated heterocycles. The highest BCUT2D eigenvalue weighted by Crippen LogP contribution is 2.31. The Hall–Kier alpha value is -1.84. The summed E-state index contributed by atoms with van der Waals surface area (Å²) in [4.78, 5) is 8.41. The van der Waals surface area contributed by atoms with Gasteiger partial charge in [0, 0.05) is 0 Å². The molecule has 2 nitrogen and oxygen atoms in total. The molecule has 0 bridgehead atoms. The fraction of sp³-hybridized carbons (Fsp3) is 0.333. The first-order valence-corrected chi connectivity index (χ1v) is 6.33. The molecule has 0 aliphatic rings. The van der Waals surface area contributed by atoms with Gasteiger partial charge in [0.25, 0.3) is 0 Å². The van der Waals surface area contributed by atoms with Gasteiger partial charge in [0.15, 0.2) is 0 Å². The summed E-state index contributed by atoms with van der Waals surface area (Å²) in [6.45, 7) is 7.00. The Kier molecular flexibility index (Phi) is 3.60. The predicted molar refractivity (Wildman–Crippen MR) is 72.4 cm³/mol. The van der Waals surface area contributed by atoms with Gasteiger partial charge < -0.3 is 0 Å². The number of allylic oxidation sites excluding steroid dienone is 1. The van der Waals surface area contributed by atoms with Crippen molar-refractivity contribution in [2.75, 3.05) is 0 Å². The van der Waals surface area contributed by atoms with E-state index in [1.54, 1.807) is 13.0 Å². The summed E-state index contributed by atoms with van der Waals surface area (Å²) >= 11 is 0. The highest BCUT2D eigenvalue weighted by Gasteiger charge is 2.32. The molecule has 0 unspecified atom stereocenters. The molecule has 0 atom stereocenters. The number of halogens is 2. The minimum Gasteiger partial charge on any atom is -0.249 e. The van der Waals surface area contributed by atoms with Crippen LogP contribution in [0.25, 0.3) is 11.0 Å². The number of alkyl halides is 2. The SMILES string of the molecule is C=CC(F)(F)c1nc2ccc(CC)cc2nc1CC. The van der Waals surface area contributed by atoms with Crippen molar-refractivity contribution in [3.05, 3.63) is 47.8 Å². The van der Waals surface area contributed by atoms with Gasteiger partial charge in [0.05, 0.1) is 16.7 Å². The maximum absolute atomic E-state index is 13.8. The molecular formula is C15H16F2N2. The molecule has 0 aliphatic carbocycles. The Labute approximate surface area is 111 Å². The Morgan fingerprint density at radius 2 is 1.89 bits per heavy atom. The minimum atomic E-state index is -3.14. The molecule has 1 aromatic carbocycles. The first kappa shape index (κ1) is 13.6. The molecule has 0 aliphatic heterocycles. The fourth-order valence-electron chi connectivity index (χ4n) is 1.97. The van der Waals surface area contributed by atoms with Crippen molar-refractivity contribution in [3.63, 3.8) is 0 Å². The number of nitrogens with zero attached hydrogens (tertiary/aromatic N) is 2. The zero-order valence-corrected chi connectivity index (χ0v) is 11.1. The minimum absolute atomic E-state index is 0.290. The smallest absolute Gasteiger partial charge is 0.249 e. The molecule has 0 radical (unpaired) electrons. The fourth-order valence-corrected chi connectivity index (χ4v) is 1.97. The molecular weight excluding hydrogens is 246 g/mol. The van der Waals surface area contributed by atoms with E-state index in [4.69, 9.17) is 0 Å². The number of rotatable bonds is 4. The third kappa shape index (κ3) is 2.48. The molecule has 2 rings (SSSR count). The lowest BCUT2D eigenvalue weighted by Crippen LogP contribution is -2.16. The van der Waals surface area contributed by atoms with Crippen LogP contribution in [0.1, 0.15) is 30.8 Å². The Balaban J connectivity index is 2.70. The van der Waals surface area contributed by atoms with E-state index in [1.807, 2.05) is 19.1 Å². The molecule has 1 heterocycles. The first-order valence-electron chi connectivity index (χ1n) is 6.33. The first-order chi connectivity index (χ1) is 9.01. The third-order valence-corrected chi connectivity index (χ3v) is 3.12. The summed E-state index contributed by atoms with van der Waals surface area (Å²) < 4.78 is 27.6. The van der Waals surface area contributed by atoms with Crippen molar-refractivity contribution in [2.45, 2.75) is 32.6 Å². The van der Waals surface area contributed by atoms with Crippen molar-refractivity contribution in [1.29, 1.82) is 0 Å². The van der Waals surface area contributed by atoms with Crippen LogP contribution in [-0.4, -0.2) is 9.97 Å². The Morgan fingerprint density at radius 1 is 1.16 bits per heavy atom. The molecule has 0 saturated carbocycles. The van der Waals surface area contributed by atoms with Gasteiger partial charge in [-0.15, -0.1) is 0 Å². The number of aromatic nitrogens is 2. The van der Waals surface area contributed by atoms with E-state index < -0.39 is 5.92 Å². The molecule has 2 aromatic rings. The lowest BCUT2D eigenvalue weighted by molar-refractivity contribution is 0.0465. The highest BCUT2D eigenvalue weighted by atomic mass is 19.3. The largest absolute Gasteiger partial charge is 0.309 e. The maximum atomic E-state index is 13.8. The van der Waals surface area contributed by atoms with E-state index in [2.05, 4.69) is 16.5 Å². The van der Waals surface area contributed by atoms with Crippen molar-refractivity contribution >= 4 is 11.0 Å². The molecule has 1 aromatic heterocycles. The van der Waals surface area contributed by atoms with Gasteiger partial charge in [0.2, 0.25) is 0 Å². The van der Waals surface area contributed by atoms with Crippen molar-refractivity contribution in [3.8, 4) is 0 Å². The summed E-state index contributed by atoms with van der Waals surface area (Å²) in [5, 5.41) is 0. The van der Waals surface area contributed by atoms with E-state index >= 15 is 0 Å². The number of hydrogen-bond donors (Lipinski definition) is 0. The van der Waals surface area contributed by atoms with Crippen LogP contribution in [0.3, 0.4) is 0 Å². The maximum Gasteiger partial charge on any atom is 0.309 e. The topological polar surface area (TPSA) is 25.8 Å². The summed E-state index contributed by atoms with van der Waals surface area (Å²) in [6.07, 6.45) is 1.91. The molecule has 100 valence electrons. The molecule has 0 fully saturated rings. The summed E-state index contributed by atoms with van der Waals surface area (Å²) in [5.74, 6) is -3.14. The molecule has 0 spiro atoms. The quantitative estimate of drug-likeness (QED) is 0.777. The summed E-state index contributed by atoms with van der Waals surface area (Å²) in [7, 11) is 0. The van der Waals surface area contributed by atoms with Crippen LogP contribution < -0.4 is 0 Å². The highest BCUT2D eigenvalue weighted by molar-refractivity contribution is 5.75. The number of benzene rings is 1. The van der Waals surface area contributed by atoms with Crippen LogP contribution in [0.2, 0.25) is 0 Å². The average Bonchev–Trinajstić information content (AvgIpc) is 2.45. The van der Waals surface area contributed by atoms with Gasteiger partial charge >= 0.3 is 5.92 Å². The number of hydrogen-bond acceptors (Lipinski definition) is 2. The van der Waals surface area contributed by atoms with E-state index in [0.29, 0.717) is 29.2 Å². The molecule has 0 N–H and O–H groups in total. The third-order valence-electron chi connectivity index (χ3n) is 3.12. The second-order valence-electron chi connectivity index (χ2n) is 4.38. The van der Waals surface area contributed by atoms with E-state index in [1.165, 1.54) is 0 Å². The molecule has 4 heteroatoms. The van der Waals surface area contributed by atoms with Crippen LogP contribution in [0, 0.1) is 0 Å². The van der Waals surface area contributed by atoms with Crippen LogP contribution in [0.4, 0.5) is 8.78 Å². The van der Waals surface area contributed by atoms with Crippen LogP contribution in [-0.2, 0) is 18.8 Å². The Morgan fingerprint density at radius 3 is 2.47 bits per heavy atom. The number of aryl methyl sites for hydroxylation is 2. The predicted octanol–water partition coefficient (Wildman–Crippen LogP) is 4.03. The standard InChI is InChI=1S/C15H16F2N2/c1-4-10-7-8-12-13(9-10)18-11(5-2)14(19-12)15(16,17)6-3/h6-9H,3-5H2,1-2H3. The van der Waals surface area contributed by atoms with E-state index in [9.17, 15) is 8.78 Å². The zero-order chi connectivity index (χ0) is 14.0. The van der Waals surface area contributed by atoms with E-state index in [-0.39, 0.29) is 5.69 Å². The molecule has 0 amide bonds. The van der Waals surface area contributed by atoms with Crippen molar-refractivity contribution in [1.82, 2.24) is 9.97 Å². The summed E-state index contributed by atoms with van der Waals surface area (Å²) in [5.41, 5.74) is 2.31. The normalized spacial score (nSPS) is 11.8. The molecule has 19 heavy (non-hydrogen) atoms. The second-order valence-corrected chi connectivity index (χ2v) is 4.38. The lowest BCUT2D eigenvalue weighted by atomic mass is 10.1. The monoisotopic (exact) mass is 262 g/mol. The van der Waals surface area contributed by atoms with Gasteiger partial charge in [-0.2, -0.15) is 8.78 Å². The Bertz CT molecular complexity index is 621. The van der Waals surface area contributed by atoms with Gasteiger partial charge in [-0.1, -0.05) is 26.5 Å². The van der Waals surface area contributed by atoms with Crippen molar-refractivity contribution in [2.24, 2.45) is 0 Å². The average molecular weight is 262 g/mol. The van der Waals surface area contributed by atoms with Gasteiger partial charge in [0.1, 0.15) is 5.69 Å². The van der Waals surface area contributed by atoms with Crippen LogP contribution >= 0.6 is 0 Å². The van der Waals surface area contributed by atoms with Crippen molar-refractivity contribution < 1.29 is 8.78 Å². The van der Waals surface area contributed by atoms with Gasteiger partial charge in [-0.3, -0.25) is 0 Å². The number of fused-ring (bicyclic) bond motifs is 1. The summed E-state index contributed by atoms with van der Waals surface area (Å²) in [6, 6.07) is 5.53. The van der Waals surface area contributed by atoms with Crippen LogP contribution in [0.15, 0.2) is 30.9 Å². The lowest BCUT2D eigenvalue weighted by Gasteiger charge is -2.15.